The smallest absolute Gasteiger partial charge is 0.227 e. The van der Waals surface area contributed by atoms with Crippen LogP contribution in [0.15, 0.2) is 24.3 Å². The molecule has 1 aromatic carbocycles. The van der Waals surface area contributed by atoms with Gasteiger partial charge in [-0.25, -0.2) is 0 Å². The first-order chi connectivity index (χ1) is 9.42. The van der Waals surface area contributed by atoms with Crippen LogP contribution in [0.5, 0.6) is 0 Å². The molecule has 2 N–H and O–H groups in total. The van der Waals surface area contributed by atoms with Crippen molar-refractivity contribution in [3.05, 3.63) is 35.4 Å². The average Bonchev–Trinajstić information content (AvgIpc) is 2.87. The summed E-state index contributed by atoms with van der Waals surface area (Å²) in [6.07, 6.45) is 0.915. The minimum atomic E-state index is -0.258. The predicted octanol–water partition coefficient (Wildman–Crippen LogP) is 2.99. The number of amides is 1. The Hall–Kier alpha value is -1.35. The van der Waals surface area contributed by atoms with E-state index in [0.717, 1.165) is 25.1 Å². The molecule has 2 atom stereocenters. The summed E-state index contributed by atoms with van der Waals surface area (Å²) in [4.78, 5) is 12.4. The van der Waals surface area contributed by atoms with Crippen molar-refractivity contribution < 1.29 is 4.79 Å². The normalized spacial score (nSPS) is 23.9. The zero-order chi connectivity index (χ0) is 14.8. The maximum absolute atomic E-state index is 12.4. The summed E-state index contributed by atoms with van der Waals surface area (Å²) in [5.41, 5.74) is 2.24. The first-order valence-corrected chi connectivity index (χ1v) is 7.54. The van der Waals surface area contributed by atoms with Crippen molar-refractivity contribution in [2.24, 2.45) is 5.41 Å². The molecule has 2 unspecified atom stereocenters. The van der Waals surface area contributed by atoms with E-state index in [1.54, 1.807) is 0 Å². The maximum atomic E-state index is 12.4. The summed E-state index contributed by atoms with van der Waals surface area (Å²) in [5, 5.41) is 6.41. The molecule has 0 radical (unpaired) electrons. The lowest BCUT2D eigenvalue weighted by Gasteiger charge is -2.25. The van der Waals surface area contributed by atoms with Crippen LogP contribution in [0, 0.1) is 5.41 Å². The summed E-state index contributed by atoms with van der Waals surface area (Å²) in [5.74, 6) is 0.695. The Kier molecular flexibility index (Phi) is 4.48. The van der Waals surface area contributed by atoms with Crippen molar-refractivity contribution >= 4 is 5.91 Å². The highest BCUT2D eigenvalue weighted by atomic mass is 16.2. The SMILES string of the molecule is CC(C)c1ccc(C(C)NC(=O)C2(C)CCNC2)cc1. The van der Waals surface area contributed by atoms with Crippen LogP contribution >= 0.6 is 0 Å². The Morgan fingerprint density at radius 2 is 1.80 bits per heavy atom. The van der Waals surface area contributed by atoms with Crippen molar-refractivity contribution in [2.45, 2.75) is 46.1 Å². The zero-order valence-corrected chi connectivity index (χ0v) is 13.0. The van der Waals surface area contributed by atoms with E-state index in [1.807, 2.05) is 13.8 Å². The van der Waals surface area contributed by atoms with Crippen LogP contribution in [0.3, 0.4) is 0 Å². The standard InChI is InChI=1S/C17H26N2O/c1-12(2)14-5-7-15(8-6-14)13(3)19-16(20)17(4)9-10-18-11-17/h5-8,12-13,18H,9-11H2,1-4H3,(H,19,20). The molecule has 110 valence electrons. The molecule has 0 saturated carbocycles. The van der Waals surface area contributed by atoms with E-state index in [9.17, 15) is 4.79 Å². The molecule has 3 heteroatoms. The van der Waals surface area contributed by atoms with Gasteiger partial charge in [0.05, 0.1) is 11.5 Å². The first-order valence-electron chi connectivity index (χ1n) is 7.54. The molecule has 1 fully saturated rings. The number of carbonyl (C=O) groups excluding carboxylic acids is 1. The Balaban J connectivity index is 2.00. The Bertz CT molecular complexity index is 458. The van der Waals surface area contributed by atoms with Crippen molar-refractivity contribution in [3.8, 4) is 0 Å². The summed E-state index contributed by atoms with van der Waals surface area (Å²) >= 11 is 0. The molecule has 1 aliphatic rings. The Morgan fingerprint density at radius 1 is 1.20 bits per heavy atom. The Labute approximate surface area is 122 Å². The van der Waals surface area contributed by atoms with Gasteiger partial charge in [0.2, 0.25) is 5.91 Å². The van der Waals surface area contributed by atoms with E-state index in [0.29, 0.717) is 5.92 Å². The van der Waals surface area contributed by atoms with Gasteiger partial charge in [0, 0.05) is 6.54 Å². The minimum absolute atomic E-state index is 0.0566. The van der Waals surface area contributed by atoms with Gasteiger partial charge < -0.3 is 10.6 Å². The molecule has 0 aliphatic carbocycles. The molecule has 1 heterocycles. The van der Waals surface area contributed by atoms with Crippen molar-refractivity contribution in [2.75, 3.05) is 13.1 Å². The van der Waals surface area contributed by atoms with Crippen LogP contribution in [0.1, 0.15) is 57.2 Å². The third-order valence-electron chi connectivity index (χ3n) is 4.37. The van der Waals surface area contributed by atoms with Gasteiger partial charge >= 0.3 is 0 Å². The fourth-order valence-corrected chi connectivity index (χ4v) is 2.63. The lowest BCUT2D eigenvalue weighted by Crippen LogP contribution is -2.41. The van der Waals surface area contributed by atoms with E-state index in [1.165, 1.54) is 5.56 Å². The van der Waals surface area contributed by atoms with E-state index in [-0.39, 0.29) is 17.4 Å². The highest BCUT2D eigenvalue weighted by Gasteiger charge is 2.36. The minimum Gasteiger partial charge on any atom is -0.349 e. The predicted molar refractivity (Wildman–Crippen MR) is 82.7 cm³/mol. The molecule has 0 bridgehead atoms. The lowest BCUT2D eigenvalue weighted by molar-refractivity contribution is -0.129. The number of nitrogens with one attached hydrogen (secondary N) is 2. The van der Waals surface area contributed by atoms with Crippen LogP contribution in [0.2, 0.25) is 0 Å². The number of hydrogen-bond donors (Lipinski definition) is 2. The second kappa shape index (κ2) is 5.96. The third kappa shape index (κ3) is 3.21. The summed E-state index contributed by atoms with van der Waals surface area (Å²) in [6.45, 7) is 10.2. The van der Waals surface area contributed by atoms with Crippen molar-refractivity contribution in [1.82, 2.24) is 10.6 Å². The molecule has 0 spiro atoms. The van der Waals surface area contributed by atoms with Gasteiger partial charge in [0.15, 0.2) is 0 Å². The fraction of sp³-hybridized carbons (Fsp3) is 0.588. The number of benzene rings is 1. The summed E-state index contributed by atoms with van der Waals surface area (Å²) < 4.78 is 0. The van der Waals surface area contributed by atoms with Gasteiger partial charge in [-0.15, -0.1) is 0 Å². The monoisotopic (exact) mass is 274 g/mol. The van der Waals surface area contributed by atoms with E-state index < -0.39 is 0 Å². The van der Waals surface area contributed by atoms with Gasteiger partial charge in [-0.2, -0.15) is 0 Å². The second-order valence-electron chi connectivity index (χ2n) is 6.50. The highest BCUT2D eigenvalue weighted by Crippen LogP contribution is 2.26. The Morgan fingerprint density at radius 3 is 2.30 bits per heavy atom. The van der Waals surface area contributed by atoms with Crippen molar-refractivity contribution in [1.29, 1.82) is 0 Å². The number of rotatable bonds is 4. The van der Waals surface area contributed by atoms with Gasteiger partial charge in [-0.3, -0.25) is 4.79 Å². The van der Waals surface area contributed by atoms with Crippen LogP contribution in [0.4, 0.5) is 0 Å². The molecule has 1 saturated heterocycles. The first kappa shape index (κ1) is 15.0. The van der Waals surface area contributed by atoms with E-state index in [2.05, 4.69) is 48.7 Å². The topological polar surface area (TPSA) is 41.1 Å². The molecular weight excluding hydrogens is 248 g/mol. The molecule has 1 aromatic rings. The fourth-order valence-electron chi connectivity index (χ4n) is 2.63. The molecule has 0 aromatic heterocycles. The third-order valence-corrected chi connectivity index (χ3v) is 4.37. The van der Waals surface area contributed by atoms with Crippen LogP contribution < -0.4 is 10.6 Å². The van der Waals surface area contributed by atoms with E-state index in [4.69, 9.17) is 0 Å². The van der Waals surface area contributed by atoms with Gasteiger partial charge in [-0.1, -0.05) is 38.1 Å². The molecule has 1 amide bonds. The average molecular weight is 274 g/mol. The lowest BCUT2D eigenvalue weighted by atomic mass is 9.88. The van der Waals surface area contributed by atoms with Gasteiger partial charge in [-0.05, 0) is 43.9 Å². The largest absolute Gasteiger partial charge is 0.349 e. The molecule has 2 rings (SSSR count). The van der Waals surface area contributed by atoms with E-state index >= 15 is 0 Å². The van der Waals surface area contributed by atoms with Gasteiger partial charge in [0.25, 0.3) is 0 Å². The highest BCUT2D eigenvalue weighted by molar-refractivity contribution is 5.83. The molecule has 1 aliphatic heterocycles. The zero-order valence-electron chi connectivity index (χ0n) is 13.0. The molecule has 20 heavy (non-hydrogen) atoms. The van der Waals surface area contributed by atoms with Crippen LogP contribution in [0.25, 0.3) is 0 Å². The second-order valence-corrected chi connectivity index (χ2v) is 6.50. The van der Waals surface area contributed by atoms with Gasteiger partial charge in [0.1, 0.15) is 0 Å². The maximum Gasteiger partial charge on any atom is 0.227 e. The number of hydrogen-bond acceptors (Lipinski definition) is 2. The molecular formula is C17H26N2O. The van der Waals surface area contributed by atoms with Crippen LogP contribution in [-0.2, 0) is 4.79 Å². The molecule has 3 nitrogen and oxygen atoms in total. The number of carbonyl (C=O) groups is 1. The summed E-state index contributed by atoms with van der Waals surface area (Å²) in [6, 6.07) is 8.61. The van der Waals surface area contributed by atoms with Crippen molar-refractivity contribution in [3.63, 3.8) is 0 Å². The summed E-state index contributed by atoms with van der Waals surface area (Å²) in [7, 11) is 0. The van der Waals surface area contributed by atoms with Crippen LogP contribution in [-0.4, -0.2) is 19.0 Å². The quantitative estimate of drug-likeness (QED) is 0.886.